The molecule has 0 aliphatic rings. The number of rotatable bonds is 5. The number of nitrogen functional groups attached to an aromatic ring is 1. The molecule has 2 aromatic rings. The predicted octanol–water partition coefficient (Wildman–Crippen LogP) is 2.11. The number of nitrogens with two attached hydrogens (primary N) is 1. The van der Waals surface area contributed by atoms with Crippen LogP contribution in [0.15, 0.2) is 22.7 Å². The monoisotopic (exact) mass is 325 g/mol. The highest BCUT2D eigenvalue weighted by Gasteiger charge is 2.14. The molecule has 102 valence electrons. The third-order valence-electron chi connectivity index (χ3n) is 2.64. The fraction of sp³-hybridized carbons (Fsp3) is 0.417. The molecule has 1 unspecified atom stereocenters. The van der Waals surface area contributed by atoms with Crippen molar-refractivity contribution >= 4 is 21.6 Å². The zero-order chi connectivity index (χ0) is 13.8. The van der Waals surface area contributed by atoms with Gasteiger partial charge in [0.1, 0.15) is 0 Å². The van der Waals surface area contributed by atoms with Crippen molar-refractivity contribution < 1.29 is 4.74 Å². The van der Waals surface area contributed by atoms with Gasteiger partial charge in [0, 0.05) is 22.3 Å². The molecule has 0 spiro atoms. The van der Waals surface area contributed by atoms with E-state index in [9.17, 15) is 0 Å². The summed E-state index contributed by atoms with van der Waals surface area (Å²) in [5.74, 6) is 0.672. The Bertz CT molecular complexity index is 557. The molecule has 1 aromatic carbocycles. The van der Waals surface area contributed by atoms with Gasteiger partial charge < -0.3 is 10.5 Å². The van der Waals surface area contributed by atoms with Crippen molar-refractivity contribution in [3.05, 3.63) is 22.7 Å². The van der Waals surface area contributed by atoms with Gasteiger partial charge in [-0.3, -0.25) is 0 Å². The van der Waals surface area contributed by atoms with Crippen LogP contribution < -0.4 is 5.73 Å². The topological polar surface area (TPSA) is 78.8 Å². The fourth-order valence-corrected chi connectivity index (χ4v) is 2.24. The highest BCUT2D eigenvalue weighted by atomic mass is 79.9. The van der Waals surface area contributed by atoms with Crippen LogP contribution in [-0.4, -0.2) is 32.9 Å². The lowest BCUT2D eigenvalue weighted by atomic mass is 10.2. The lowest BCUT2D eigenvalue weighted by Crippen LogP contribution is -2.18. The maximum atomic E-state index is 5.81. The fourth-order valence-electron chi connectivity index (χ4n) is 1.82. The summed E-state index contributed by atoms with van der Waals surface area (Å²) >= 11 is 3.49. The molecule has 2 rings (SSSR count). The second-order valence-electron chi connectivity index (χ2n) is 4.19. The molecule has 0 bridgehead atoms. The maximum absolute atomic E-state index is 5.81. The summed E-state index contributed by atoms with van der Waals surface area (Å²) in [6.45, 7) is 5.22. The van der Waals surface area contributed by atoms with E-state index in [2.05, 4.69) is 31.5 Å². The average Bonchev–Trinajstić information content (AvgIpc) is 2.80. The molecule has 0 aliphatic heterocycles. The smallest absolute Gasteiger partial charge is 0.183 e. The van der Waals surface area contributed by atoms with Crippen molar-refractivity contribution in [1.82, 2.24) is 20.2 Å². The van der Waals surface area contributed by atoms with Gasteiger partial charge >= 0.3 is 0 Å². The van der Waals surface area contributed by atoms with Crippen molar-refractivity contribution in [3.63, 3.8) is 0 Å². The van der Waals surface area contributed by atoms with Crippen molar-refractivity contribution in [3.8, 4) is 11.4 Å². The van der Waals surface area contributed by atoms with E-state index in [-0.39, 0.29) is 6.10 Å². The van der Waals surface area contributed by atoms with Crippen molar-refractivity contribution in [2.24, 2.45) is 0 Å². The first-order chi connectivity index (χ1) is 9.11. The normalized spacial score (nSPS) is 12.6. The molecule has 0 saturated heterocycles. The quantitative estimate of drug-likeness (QED) is 0.852. The second kappa shape index (κ2) is 6.12. The molecule has 0 amide bonds. The largest absolute Gasteiger partial charge is 0.399 e. The summed E-state index contributed by atoms with van der Waals surface area (Å²) < 4.78 is 8.13. The first kappa shape index (κ1) is 14.0. The summed E-state index contributed by atoms with van der Waals surface area (Å²) in [4.78, 5) is 0. The third-order valence-corrected chi connectivity index (χ3v) is 3.34. The summed E-state index contributed by atoms with van der Waals surface area (Å²) in [6.07, 6.45) is 0.0482. The Labute approximate surface area is 120 Å². The minimum atomic E-state index is 0.0482. The Hall–Kier alpha value is -1.47. The predicted molar refractivity (Wildman–Crippen MR) is 76.5 cm³/mol. The maximum Gasteiger partial charge on any atom is 0.183 e. The third kappa shape index (κ3) is 3.30. The van der Waals surface area contributed by atoms with Gasteiger partial charge in [-0.25, -0.2) is 4.68 Å². The average molecular weight is 326 g/mol. The molecule has 0 aliphatic carbocycles. The second-order valence-corrected chi connectivity index (χ2v) is 5.04. The molecular formula is C12H16BrN5O. The van der Waals surface area contributed by atoms with E-state index < -0.39 is 0 Å². The molecular weight excluding hydrogens is 310 g/mol. The van der Waals surface area contributed by atoms with E-state index in [1.54, 1.807) is 4.68 Å². The lowest BCUT2D eigenvalue weighted by Gasteiger charge is -2.12. The van der Waals surface area contributed by atoms with Gasteiger partial charge in [0.05, 0.1) is 12.6 Å². The number of ether oxygens (including phenoxy) is 1. The Morgan fingerprint density at radius 1 is 1.47 bits per heavy atom. The van der Waals surface area contributed by atoms with E-state index in [0.29, 0.717) is 24.7 Å². The van der Waals surface area contributed by atoms with Crippen LogP contribution in [0.2, 0.25) is 0 Å². The number of halogens is 1. The van der Waals surface area contributed by atoms with E-state index in [1.165, 1.54) is 0 Å². The first-order valence-electron chi connectivity index (χ1n) is 6.05. The number of benzene rings is 1. The number of hydrogen-bond acceptors (Lipinski definition) is 5. The van der Waals surface area contributed by atoms with E-state index in [1.807, 2.05) is 32.0 Å². The molecule has 1 aromatic heterocycles. The number of anilines is 1. The summed E-state index contributed by atoms with van der Waals surface area (Å²) in [5, 5.41) is 11.8. The van der Waals surface area contributed by atoms with E-state index in [4.69, 9.17) is 10.5 Å². The number of nitrogens with zero attached hydrogens (tertiary/aromatic N) is 4. The van der Waals surface area contributed by atoms with Crippen LogP contribution >= 0.6 is 15.9 Å². The molecule has 0 fully saturated rings. The van der Waals surface area contributed by atoms with Gasteiger partial charge in [-0.05, 0) is 42.5 Å². The summed E-state index contributed by atoms with van der Waals surface area (Å²) in [5.41, 5.74) is 7.35. The number of tetrazole rings is 1. The Morgan fingerprint density at radius 3 is 3.00 bits per heavy atom. The molecule has 1 heterocycles. The van der Waals surface area contributed by atoms with Gasteiger partial charge in [0.15, 0.2) is 5.82 Å². The van der Waals surface area contributed by atoms with Crippen LogP contribution in [0.5, 0.6) is 0 Å². The Kier molecular flexibility index (Phi) is 4.49. The van der Waals surface area contributed by atoms with Gasteiger partial charge in [-0.2, -0.15) is 0 Å². The standard InChI is InChI=1S/C12H16BrN5O/c1-3-19-8(2)7-18-12(15-16-17-18)10-6-9(14)4-5-11(10)13/h4-6,8H,3,7,14H2,1-2H3. The number of hydrogen-bond donors (Lipinski definition) is 1. The lowest BCUT2D eigenvalue weighted by molar-refractivity contribution is 0.0614. The van der Waals surface area contributed by atoms with Crippen LogP contribution in [0, 0.1) is 0 Å². The van der Waals surface area contributed by atoms with Crippen molar-refractivity contribution in [1.29, 1.82) is 0 Å². The van der Waals surface area contributed by atoms with Gasteiger partial charge in [-0.1, -0.05) is 15.9 Å². The van der Waals surface area contributed by atoms with Crippen LogP contribution in [0.3, 0.4) is 0 Å². The Balaban J connectivity index is 2.31. The van der Waals surface area contributed by atoms with Crippen LogP contribution in [0.4, 0.5) is 5.69 Å². The molecule has 0 radical (unpaired) electrons. The molecule has 0 saturated carbocycles. The zero-order valence-corrected chi connectivity index (χ0v) is 12.5. The van der Waals surface area contributed by atoms with Gasteiger partial charge in [0.2, 0.25) is 0 Å². The molecule has 19 heavy (non-hydrogen) atoms. The highest BCUT2D eigenvalue weighted by Crippen LogP contribution is 2.28. The minimum absolute atomic E-state index is 0.0482. The van der Waals surface area contributed by atoms with Crippen LogP contribution in [0.25, 0.3) is 11.4 Å². The summed E-state index contributed by atoms with van der Waals surface area (Å²) in [7, 11) is 0. The van der Waals surface area contributed by atoms with Crippen molar-refractivity contribution in [2.75, 3.05) is 12.3 Å². The van der Waals surface area contributed by atoms with Crippen LogP contribution in [-0.2, 0) is 11.3 Å². The highest BCUT2D eigenvalue weighted by molar-refractivity contribution is 9.10. The molecule has 1 atom stereocenters. The van der Waals surface area contributed by atoms with Crippen LogP contribution in [0.1, 0.15) is 13.8 Å². The van der Waals surface area contributed by atoms with E-state index in [0.717, 1.165) is 10.0 Å². The van der Waals surface area contributed by atoms with Gasteiger partial charge in [0.25, 0.3) is 0 Å². The number of aromatic nitrogens is 4. The molecule has 6 nitrogen and oxygen atoms in total. The van der Waals surface area contributed by atoms with E-state index >= 15 is 0 Å². The molecule has 2 N–H and O–H groups in total. The minimum Gasteiger partial charge on any atom is -0.399 e. The first-order valence-corrected chi connectivity index (χ1v) is 6.84. The van der Waals surface area contributed by atoms with Crippen molar-refractivity contribution in [2.45, 2.75) is 26.5 Å². The Morgan fingerprint density at radius 2 is 2.26 bits per heavy atom. The SMILES string of the molecule is CCOC(C)Cn1nnnc1-c1cc(N)ccc1Br. The van der Waals surface area contributed by atoms with Gasteiger partial charge in [-0.15, -0.1) is 5.10 Å². The molecule has 7 heteroatoms. The zero-order valence-electron chi connectivity index (χ0n) is 10.9. The summed E-state index contributed by atoms with van der Waals surface area (Å²) in [6, 6.07) is 5.55.